The number of amidine groups is 1. The highest BCUT2D eigenvalue weighted by atomic mass is 79.9. The molecule has 7 aromatic rings. The van der Waals surface area contributed by atoms with Gasteiger partial charge in [0.2, 0.25) is 11.0 Å². The number of hydrogen-bond donors (Lipinski definition) is 1. The van der Waals surface area contributed by atoms with Gasteiger partial charge in [0.25, 0.3) is 5.82 Å². The molecule has 3 aromatic heterocycles. The number of benzene rings is 4. The molecule has 0 unspecified atom stereocenters. The van der Waals surface area contributed by atoms with Crippen molar-refractivity contribution in [2.24, 2.45) is 15.3 Å². The molecular weight excluding hydrogens is 717 g/mol. The first kappa shape index (κ1) is 35.1. The lowest BCUT2D eigenvalue weighted by Gasteiger charge is -2.02. The van der Waals surface area contributed by atoms with Gasteiger partial charge in [-0.1, -0.05) is 113 Å². The Hall–Kier alpha value is -5.24. The smallest absolute Gasteiger partial charge is 0.364 e. The Labute approximate surface area is 303 Å². The van der Waals surface area contributed by atoms with Crippen molar-refractivity contribution in [1.82, 2.24) is 25.0 Å². The Morgan fingerprint density at radius 1 is 0.694 bits per heavy atom. The molecule has 0 aliphatic rings. The third-order valence-electron chi connectivity index (χ3n) is 7.11. The van der Waals surface area contributed by atoms with Crippen molar-refractivity contribution < 1.29 is 21.8 Å². The number of halogens is 1. The number of nitrogens with zero attached hydrogens (tertiary/aromatic N) is 9. The number of nitrogens with one attached hydrogen (secondary N) is 1. The topological polar surface area (TPSA) is 109 Å². The van der Waals surface area contributed by atoms with E-state index in [0.717, 1.165) is 43.9 Å². The third kappa shape index (κ3) is 9.02. The fraction of sp³-hybridized carbons (Fsp3) is 0.111. The molecule has 10 nitrogen and oxygen atoms in total. The number of rotatable bonds is 7. The summed E-state index contributed by atoms with van der Waals surface area (Å²) in [6.07, 6.45) is 0. The largest absolute Gasteiger partial charge is 1.00 e. The van der Waals surface area contributed by atoms with Crippen molar-refractivity contribution in [2.75, 3.05) is 5.43 Å². The summed E-state index contributed by atoms with van der Waals surface area (Å²) in [6, 6.07) is 39.4. The standard InChI is InChI=1S/C18H16N5S.C18H17N5S.BrH/c1-13-14(2)24-18(19-13)23-21-17(15-9-5-3-6-10-15)20-22(23)16-11-7-4-8-12-16;1-13-14(2)24-18(19-13)23-22-17(15-9-5-3-6-10-15)21-20-16-11-7-4-8-12-16;/h3-12H,1-2H3;3-12,20H,1-2H3;1H/q+1;;/p-1/b;21-17+,23-22?;. The molecule has 0 aliphatic heterocycles. The zero-order valence-electron chi connectivity index (χ0n) is 27.3. The minimum atomic E-state index is 0. The Kier molecular flexibility index (Phi) is 12.0. The van der Waals surface area contributed by atoms with E-state index in [1.165, 1.54) is 16.2 Å². The molecule has 0 amide bonds. The number of aryl methyl sites for hydroxylation is 4. The molecule has 246 valence electrons. The summed E-state index contributed by atoms with van der Waals surface area (Å²) in [5, 5.41) is 23.8. The van der Waals surface area contributed by atoms with Gasteiger partial charge in [0.05, 0.1) is 11.4 Å². The maximum Gasteiger partial charge on any atom is 0.364 e. The van der Waals surface area contributed by atoms with Gasteiger partial charge in [-0.3, -0.25) is 5.43 Å². The molecule has 0 fully saturated rings. The van der Waals surface area contributed by atoms with Gasteiger partial charge in [0.1, 0.15) is 11.4 Å². The summed E-state index contributed by atoms with van der Waals surface area (Å²) < 4.78 is 0. The zero-order valence-corrected chi connectivity index (χ0v) is 30.5. The predicted molar refractivity (Wildman–Crippen MR) is 193 cm³/mol. The van der Waals surface area contributed by atoms with Gasteiger partial charge >= 0.3 is 5.13 Å². The second-order valence-corrected chi connectivity index (χ2v) is 12.9. The SMILES string of the molecule is Cc1nc(-[n+]2nc(-c3ccccc3)nn2-c2ccccc2)sc1C.Cc1nc(N=N/C(=N/Nc2ccccc2)c2ccccc2)sc1C.[Br-]. The Morgan fingerprint density at radius 2 is 1.27 bits per heavy atom. The van der Waals surface area contributed by atoms with Crippen molar-refractivity contribution in [3.8, 4) is 22.2 Å². The lowest BCUT2D eigenvalue weighted by atomic mass is 10.2. The number of anilines is 1. The molecule has 0 radical (unpaired) electrons. The first-order chi connectivity index (χ1) is 23.4. The highest BCUT2D eigenvalue weighted by Crippen LogP contribution is 2.24. The molecule has 0 spiro atoms. The maximum atomic E-state index is 4.70. The Balaban J connectivity index is 0.000000187. The van der Waals surface area contributed by atoms with E-state index < -0.39 is 0 Å². The lowest BCUT2D eigenvalue weighted by Crippen LogP contribution is -3.00. The second kappa shape index (κ2) is 16.7. The van der Waals surface area contributed by atoms with Crippen molar-refractivity contribution in [3.05, 3.63) is 148 Å². The Bertz CT molecular complexity index is 2110. The summed E-state index contributed by atoms with van der Waals surface area (Å²) in [5.41, 5.74) is 8.71. The van der Waals surface area contributed by atoms with Crippen LogP contribution in [0.1, 0.15) is 26.7 Å². The van der Waals surface area contributed by atoms with Gasteiger partial charge in [-0.25, -0.2) is 4.98 Å². The average molecular weight is 750 g/mol. The minimum absolute atomic E-state index is 0. The molecule has 4 aromatic carbocycles. The molecule has 0 saturated heterocycles. The lowest BCUT2D eigenvalue weighted by molar-refractivity contribution is -0.734. The van der Waals surface area contributed by atoms with E-state index in [9.17, 15) is 0 Å². The molecule has 13 heteroatoms. The first-order valence-electron chi connectivity index (χ1n) is 15.2. The summed E-state index contributed by atoms with van der Waals surface area (Å²) in [4.78, 5) is 14.9. The van der Waals surface area contributed by atoms with Crippen LogP contribution in [0.5, 0.6) is 0 Å². The van der Waals surface area contributed by atoms with E-state index in [4.69, 9.17) is 10.2 Å². The normalized spacial score (nSPS) is 11.1. The molecule has 1 N–H and O–H groups in total. The fourth-order valence-corrected chi connectivity index (χ4v) is 5.91. The minimum Gasteiger partial charge on any atom is -1.00 e. The van der Waals surface area contributed by atoms with Crippen LogP contribution in [0, 0.1) is 27.7 Å². The molecule has 7 rings (SSSR count). The van der Waals surface area contributed by atoms with Crippen molar-refractivity contribution in [2.45, 2.75) is 27.7 Å². The second-order valence-electron chi connectivity index (χ2n) is 10.6. The fourth-order valence-electron chi connectivity index (χ4n) is 4.33. The van der Waals surface area contributed by atoms with E-state index >= 15 is 0 Å². The van der Waals surface area contributed by atoms with Crippen LogP contribution in [0.15, 0.2) is 137 Å². The number of thiazole rings is 2. The summed E-state index contributed by atoms with van der Waals surface area (Å²) in [7, 11) is 0. The molecule has 0 bridgehead atoms. The van der Waals surface area contributed by atoms with Crippen LogP contribution in [0.4, 0.5) is 10.8 Å². The molecule has 3 heterocycles. The molecule has 0 aliphatic carbocycles. The van der Waals surface area contributed by atoms with E-state index in [0.29, 0.717) is 16.8 Å². The van der Waals surface area contributed by atoms with E-state index in [2.05, 4.69) is 37.6 Å². The van der Waals surface area contributed by atoms with Gasteiger partial charge in [0, 0.05) is 26.0 Å². The first-order valence-corrected chi connectivity index (χ1v) is 16.8. The van der Waals surface area contributed by atoms with Crippen LogP contribution in [-0.4, -0.2) is 30.8 Å². The van der Waals surface area contributed by atoms with Crippen LogP contribution in [0.3, 0.4) is 0 Å². The highest BCUT2D eigenvalue weighted by molar-refractivity contribution is 7.15. The van der Waals surface area contributed by atoms with Crippen LogP contribution < -0.4 is 27.2 Å². The highest BCUT2D eigenvalue weighted by Gasteiger charge is 2.24. The van der Waals surface area contributed by atoms with Gasteiger partial charge in [-0.2, -0.15) is 5.10 Å². The number of hydrogen-bond acceptors (Lipinski definition) is 9. The molecule has 0 atom stereocenters. The third-order valence-corrected chi connectivity index (χ3v) is 9.11. The Morgan fingerprint density at radius 3 is 1.86 bits per heavy atom. The summed E-state index contributed by atoms with van der Waals surface area (Å²) in [6.45, 7) is 8.07. The molecule has 49 heavy (non-hydrogen) atoms. The number of azo groups is 1. The number of hydrazone groups is 1. The average Bonchev–Trinajstić information content (AvgIpc) is 3.82. The number of aromatic nitrogens is 6. The van der Waals surface area contributed by atoms with E-state index in [1.807, 2.05) is 142 Å². The van der Waals surface area contributed by atoms with Gasteiger partial charge in [-0.05, 0) is 78.8 Å². The zero-order chi connectivity index (χ0) is 33.3. The number of tetrazole rings is 1. The van der Waals surface area contributed by atoms with E-state index in [-0.39, 0.29) is 17.0 Å². The van der Waals surface area contributed by atoms with Gasteiger partial charge < -0.3 is 17.0 Å². The quantitative estimate of drug-likeness (QED) is 0.0751. The van der Waals surface area contributed by atoms with Crippen LogP contribution in [-0.2, 0) is 0 Å². The van der Waals surface area contributed by atoms with Crippen molar-refractivity contribution in [1.29, 1.82) is 0 Å². The summed E-state index contributed by atoms with van der Waals surface area (Å²) in [5.74, 6) is 1.18. The van der Waals surface area contributed by atoms with Crippen LogP contribution >= 0.6 is 22.7 Å². The van der Waals surface area contributed by atoms with E-state index in [1.54, 1.807) is 20.9 Å². The maximum absolute atomic E-state index is 4.70. The van der Waals surface area contributed by atoms with Crippen LogP contribution in [0.25, 0.3) is 22.2 Å². The van der Waals surface area contributed by atoms with Crippen molar-refractivity contribution in [3.63, 3.8) is 0 Å². The van der Waals surface area contributed by atoms with Crippen molar-refractivity contribution >= 4 is 39.3 Å². The molecular formula is C36H33BrN10S2. The number of para-hydroxylation sites is 2. The van der Waals surface area contributed by atoms with Gasteiger partial charge in [0.15, 0.2) is 0 Å². The monoisotopic (exact) mass is 748 g/mol. The molecule has 0 saturated carbocycles. The van der Waals surface area contributed by atoms with Crippen LogP contribution in [0.2, 0.25) is 0 Å². The summed E-state index contributed by atoms with van der Waals surface area (Å²) >= 11 is 3.13. The predicted octanol–water partition coefficient (Wildman–Crippen LogP) is 5.61. The van der Waals surface area contributed by atoms with Gasteiger partial charge in [-0.15, -0.1) is 10.2 Å².